The van der Waals surface area contributed by atoms with Crippen molar-refractivity contribution in [2.75, 3.05) is 12.3 Å². The van der Waals surface area contributed by atoms with E-state index in [1.165, 1.54) is 0 Å². The fourth-order valence-electron chi connectivity index (χ4n) is 1.86. The largest absolute Gasteiger partial charge is 0.330 e. The van der Waals surface area contributed by atoms with E-state index in [1.807, 2.05) is 12.1 Å². The monoisotopic (exact) mass is 253 g/mol. The third-order valence-corrected chi connectivity index (χ3v) is 5.00. The van der Waals surface area contributed by atoms with Crippen molar-refractivity contribution in [3.8, 4) is 0 Å². The third-order valence-electron chi connectivity index (χ3n) is 3.10. The van der Waals surface area contributed by atoms with Gasteiger partial charge >= 0.3 is 0 Å². The predicted octanol–water partition coefficient (Wildman–Crippen LogP) is 1.76. The van der Waals surface area contributed by atoms with E-state index in [9.17, 15) is 8.42 Å². The lowest BCUT2D eigenvalue weighted by Gasteiger charge is -2.05. The van der Waals surface area contributed by atoms with Crippen LogP contribution in [-0.2, 0) is 16.3 Å². The highest BCUT2D eigenvalue weighted by Crippen LogP contribution is 2.32. The lowest BCUT2D eigenvalue weighted by molar-refractivity contribution is 0.592. The second-order valence-corrected chi connectivity index (χ2v) is 6.80. The first-order valence-corrected chi connectivity index (χ1v) is 7.79. The van der Waals surface area contributed by atoms with Crippen LogP contribution in [-0.4, -0.2) is 20.7 Å². The molecule has 1 aliphatic carbocycles. The minimum Gasteiger partial charge on any atom is -0.330 e. The smallest absolute Gasteiger partial charge is 0.178 e. The Labute approximate surface area is 103 Å². The summed E-state index contributed by atoms with van der Waals surface area (Å²) in [5.74, 6) is 0.715. The maximum absolute atomic E-state index is 12.0. The molecular formula is C13H19NO2S. The van der Waals surface area contributed by atoms with Crippen molar-refractivity contribution in [3.05, 3.63) is 29.8 Å². The average molecular weight is 253 g/mol. The molecule has 2 N–H and O–H groups in total. The van der Waals surface area contributed by atoms with Gasteiger partial charge in [0.25, 0.3) is 0 Å². The zero-order valence-corrected chi connectivity index (χ0v) is 10.7. The van der Waals surface area contributed by atoms with Gasteiger partial charge in [-0.25, -0.2) is 8.42 Å². The SMILES string of the molecule is NCCCc1ccc(S(=O)(=O)CC2CC2)cc1. The predicted molar refractivity (Wildman–Crippen MR) is 68.6 cm³/mol. The van der Waals surface area contributed by atoms with Crippen molar-refractivity contribution < 1.29 is 8.42 Å². The highest BCUT2D eigenvalue weighted by atomic mass is 32.2. The molecule has 0 atom stereocenters. The Morgan fingerprint density at radius 1 is 1.18 bits per heavy atom. The standard InChI is InChI=1S/C13H19NO2S/c14-9-1-2-11-5-7-13(8-6-11)17(15,16)10-12-3-4-12/h5-8,12H,1-4,9-10,14H2. The third kappa shape index (κ3) is 3.54. The minimum atomic E-state index is -3.06. The number of sulfone groups is 1. The molecular weight excluding hydrogens is 234 g/mol. The fourth-order valence-corrected chi connectivity index (χ4v) is 3.56. The molecule has 0 radical (unpaired) electrons. The van der Waals surface area contributed by atoms with Crippen LogP contribution in [0, 0.1) is 5.92 Å². The molecule has 0 saturated heterocycles. The molecule has 0 heterocycles. The molecule has 0 bridgehead atoms. The average Bonchev–Trinajstić information content (AvgIpc) is 3.10. The van der Waals surface area contributed by atoms with E-state index in [-0.39, 0.29) is 0 Å². The highest BCUT2D eigenvalue weighted by molar-refractivity contribution is 7.91. The summed E-state index contributed by atoms with van der Waals surface area (Å²) >= 11 is 0. The van der Waals surface area contributed by atoms with Crippen molar-refractivity contribution in [2.24, 2.45) is 11.7 Å². The normalized spacial score (nSPS) is 16.1. The van der Waals surface area contributed by atoms with Crippen LogP contribution in [0.25, 0.3) is 0 Å². The van der Waals surface area contributed by atoms with Crippen molar-refractivity contribution >= 4 is 9.84 Å². The van der Waals surface area contributed by atoms with E-state index in [2.05, 4.69) is 0 Å². The van der Waals surface area contributed by atoms with E-state index in [4.69, 9.17) is 5.73 Å². The summed E-state index contributed by atoms with van der Waals surface area (Å²) in [5, 5.41) is 0. The van der Waals surface area contributed by atoms with Crippen LogP contribution < -0.4 is 5.73 Å². The van der Waals surface area contributed by atoms with Gasteiger partial charge in [0.15, 0.2) is 9.84 Å². The zero-order chi connectivity index (χ0) is 12.3. The zero-order valence-electron chi connectivity index (χ0n) is 9.93. The lowest BCUT2D eigenvalue weighted by atomic mass is 10.1. The van der Waals surface area contributed by atoms with Gasteiger partial charge in [-0.3, -0.25) is 0 Å². The summed E-state index contributed by atoms with van der Waals surface area (Å²) in [6, 6.07) is 7.25. The molecule has 1 fully saturated rings. The van der Waals surface area contributed by atoms with Gasteiger partial charge in [0.1, 0.15) is 0 Å². The van der Waals surface area contributed by atoms with Crippen LogP contribution in [0.4, 0.5) is 0 Å². The number of hydrogen-bond acceptors (Lipinski definition) is 3. The van der Waals surface area contributed by atoms with E-state index in [0.717, 1.165) is 31.2 Å². The quantitative estimate of drug-likeness (QED) is 0.840. The van der Waals surface area contributed by atoms with E-state index >= 15 is 0 Å². The number of rotatable bonds is 6. The molecule has 4 heteroatoms. The van der Waals surface area contributed by atoms with Crippen LogP contribution in [0.3, 0.4) is 0 Å². The van der Waals surface area contributed by atoms with Gasteiger partial charge in [0.2, 0.25) is 0 Å². The Morgan fingerprint density at radius 3 is 2.35 bits per heavy atom. The van der Waals surface area contributed by atoms with Crippen LogP contribution >= 0.6 is 0 Å². The number of benzene rings is 1. The van der Waals surface area contributed by atoms with Crippen molar-refractivity contribution in [2.45, 2.75) is 30.6 Å². The fraction of sp³-hybridized carbons (Fsp3) is 0.538. The molecule has 1 aliphatic rings. The van der Waals surface area contributed by atoms with Crippen LogP contribution in [0.2, 0.25) is 0 Å². The van der Waals surface area contributed by atoms with Crippen molar-refractivity contribution in [1.82, 2.24) is 0 Å². The summed E-state index contributed by atoms with van der Waals surface area (Å²) in [4.78, 5) is 0.459. The molecule has 17 heavy (non-hydrogen) atoms. The molecule has 2 rings (SSSR count). The minimum absolute atomic E-state index is 0.315. The Kier molecular flexibility index (Phi) is 3.84. The maximum atomic E-state index is 12.0. The second kappa shape index (κ2) is 5.19. The Balaban J connectivity index is 2.05. The van der Waals surface area contributed by atoms with Crippen LogP contribution in [0.1, 0.15) is 24.8 Å². The molecule has 0 amide bonds. The van der Waals surface area contributed by atoms with E-state index in [1.54, 1.807) is 12.1 Å². The molecule has 0 aromatic heterocycles. The molecule has 0 unspecified atom stereocenters. The van der Waals surface area contributed by atoms with Gasteiger partial charge in [-0.1, -0.05) is 12.1 Å². The van der Waals surface area contributed by atoms with Gasteiger partial charge in [-0.2, -0.15) is 0 Å². The maximum Gasteiger partial charge on any atom is 0.178 e. The van der Waals surface area contributed by atoms with E-state index in [0.29, 0.717) is 23.1 Å². The van der Waals surface area contributed by atoms with Gasteiger partial charge < -0.3 is 5.73 Å². The van der Waals surface area contributed by atoms with Crippen LogP contribution in [0.15, 0.2) is 29.2 Å². The second-order valence-electron chi connectivity index (χ2n) is 4.76. The molecule has 94 valence electrons. The Hall–Kier alpha value is -0.870. The summed E-state index contributed by atoms with van der Waals surface area (Å²) < 4.78 is 24.0. The first kappa shape index (κ1) is 12.6. The molecule has 1 aromatic carbocycles. The van der Waals surface area contributed by atoms with Crippen molar-refractivity contribution in [1.29, 1.82) is 0 Å². The lowest BCUT2D eigenvalue weighted by Crippen LogP contribution is -2.08. The first-order valence-electron chi connectivity index (χ1n) is 6.13. The van der Waals surface area contributed by atoms with Gasteiger partial charge in [0.05, 0.1) is 10.6 Å². The van der Waals surface area contributed by atoms with Crippen LogP contribution in [0.5, 0.6) is 0 Å². The Bertz CT molecular complexity index is 461. The molecule has 0 aliphatic heterocycles. The molecule has 1 aromatic rings. The van der Waals surface area contributed by atoms with Crippen molar-refractivity contribution in [3.63, 3.8) is 0 Å². The Morgan fingerprint density at radius 2 is 1.82 bits per heavy atom. The van der Waals surface area contributed by atoms with E-state index < -0.39 is 9.84 Å². The summed E-state index contributed by atoms with van der Waals surface area (Å²) in [6.45, 7) is 0.668. The number of nitrogens with two attached hydrogens (primary N) is 1. The summed E-state index contributed by atoms with van der Waals surface area (Å²) in [7, 11) is -3.06. The van der Waals surface area contributed by atoms with Gasteiger partial charge in [0, 0.05) is 0 Å². The summed E-state index contributed by atoms with van der Waals surface area (Å²) in [6.07, 6.45) is 3.98. The topological polar surface area (TPSA) is 60.2 Å². The van der Waals surface area contributed by atoms with Gasteiger partial charge in [-0.15, -0.1) is 0 Å². The highest BCUT2D eigenvalue weighted by Gasteiger charge is 2.28. The first-order chi connectivity index (χ1) is 8.12. The molecule has 3 nitrogen and oxygen atoms in total. The summed E-state index contributed by atoms with van der Waals surface area (Å²) in [5.41, 5.74) is 6.59. The molecule has 0 spiro atoms. The number of hydrogen-bond donors (Lipinski definition) is 1. The number of aryl methyl sites for hydroxylation is 1. The van der Waals surface area contributed by atoms with Gasteiger partial charge in [-0.05, 0) is 55.8 Å². The molecule has 1 saturated carbocycles.